The Labute approximate surface area is 85.2 Å². The van der Waals surface area contributed by atoms with Gasteiger partial charge in [-0.3, -0.25) is 0 Å². The van der Waals surface area contributed by atoms with Crippen LogP contribution in [0, 0.1) is 0 Å². The summed E-state index contributed by atoms with van der Waals surface area (Å²) in [7, 11) is 0. The van der Waals surface area contributed by atoms with Crippen molar-refractivity contribution >= 4 is 0 Å². The predicted octanol–water partition coefficient (Wildman–Crippen LogP) is 0.0318. The van der Waals surface area contributed by atoms with Gasteiger partial charge in [0.2, 0.25) is 0 Å². The van der Waals surface area contributed by atoms with Gasteiger partial charge in [-0.05, 0) is 19.8 Å². The van der Waals surface area contributed by atoms with Crippen molar-refractivity contribution in [2.75, 3.05) is 6.61 Å². The second-order valence-electron chi connectivity index (χ2n) is 3.77. The van der Waals surface area contributed by atoms with Crippen LogP contribution in [0.25, 0.3) is 0 Å². The predicted molar refractivity (Wildman–Crippen MR) is 53.9 cm³/mol. The smallest absolute Gasteiger partial charge is 0.0820 e. The Bertz CT molecular complexity index is 127. The Kier molecular flexibility index (Phi) is 8.08. The third-order valence-corrected chi connectivity index (χ3v) is 2.27. The molecule has 4 nitrogen and oxygen atoms in total. The van der Waals surface area contributed by atoms with E-state index in [4.69, 9.17) is 10.2 Å². The Morgan fingerprint density at radius 1 is 1.00 bits per heavy atom. The molecule has 0 aliphatic carbocycles. The lowest BCUT2D eigenvalue weighted by Crippen LogP contribution is -2.27. The molecule has 0 spiro atoms. The van der Waals surface area contributed by atoms with Crippen LogP contribution in [0.5, 0.6) is 0 Å². The molecular weight excluding hydrogens is 184 g/mol. The molecule has 0 aromatic carbocycles. The van der Waals surface area contributed by atoms with Crippen molar-refractivity contribution in [2.45, 2.75) is 57.3 Å². The molecule has 0 radical (unpaired) electrons. The monoisotopic (exact) mass is 206 g/mol. The molecule has 0 bridgehead atoms. The summed E-state index contributed by atoms with van der Waals surface area (Å²) in [4.78, 5) is 0. The van der Waals surface area contributed by atoms with E-state index in [-0.39, 0.29) is 13.0 Å². The summed E-state index contributed by atoms with van der Waals surface area (Å²) in [5.41, 5.74) is 0. The minimum absolute atomic E-state index is 0.187. The molecule has 0 heterocycles. The van der Waals surface area contributed by atoms with Crippen molar-refractivity contribution in [3.05, 3.63) is 0 Å². The van der Waals surface area contributed by atoms with Gasteiger partial charge >= 0.3 is 0 Å². The number of hydrogen-bond donors (Lipinski definition) is 4. The number of hydrogen-bond acceptors (Lipinski definition) is 4. The lowest BCUT2D eigenvalue weighted by Gasteiger charge is -2.17. The van der Waals surface area contributed by atoms with Crippen LogP contribution in [0.2, 0.25) is 0 Å². The molecule has 0 rings (SSSR count). The minimum atomic E-state index is -0.845. The van der Waals surface area contributed by atoms with E-state index in [0.29, 0.717) is 6.42 Å². The summed E-state index contributed by atoms with van der Waals surface area (Å²) in [6, 6.07) is 0. The van der Waals surface area contributed by atoms with Gasteiger partial charge in [0.05, 0.1) is 18.3 Å². The van der Waals surface area contributed by atoms with Gasteiger partial charge in [0.1, 0.15) is 0 Å². The Hall–Kier alpha value is -0.160. The van der Waals surface area contributed by atoms with E-state index >= 15 is 0 Å². The fraction of sp³-hybridized carbons (Fsp3) is 1.00. The van der Waals surface area contributed by atoms with Gasteiger partial charge in [-0.1, -0.05) is 12.8 Å². The van der Waals surface area contributed by atoms with Gasteiger partial charge in [-0.2, -0.15) is 0 Å². The number of unbranched alkanes of at least 4 members (excludes halogenated alkanes) is 2. The molecule has 4 N–H and O–H groups in total. The highest BCUT2D eigenvalue weighted by Crippen LogP contribution is 2.10. The first-order valence-electron chi connectivity index (χ1n) is 5.23. The topological polar surface area (TPSA) is 80.9 Å². The highest BCUT2D eigenvalue weighted by Gasteiger charge is 2.15. The zero-order valence-electron chi connectivity index (χ0n) is 8.76. The van der Waals surface area contributed by atoms with Crippen molar-refractivity contribution in [3.8, 4) is 0 Å². The molecule has 3 unspecified atom stereocenters. The second-order valence-corrected chi connectivity index (χ2v) is 3.77. The second kappa shape index (κ2) is 8.17. The van der Waals surface area contributed by atoms with Crippen LogP contribution >= 0.6 is 0 Å². The van der Waals surface area contributed by atoms with E-state index in [1.54, 1.807) is 0 Å². The highest BCUT2D eigenvalue weighted by atomic mass is 16.3. The molecule has 0 aliphatic rings. The lowest BCUT2D eigenvalue weighted by molar-refractivity contribution is -0.00505. The maximum atomic E-state index is 9.43. The Balaban J connectivity index is 3.40. The van der Waals surface area contributed by atoms with Crippen molar-refractivity contribution in [3.63, 3.8) is 0 Å². The molecule has 3 atom stereocenters. The molecule has 0 aromatic rings. The van der Waals surface area contributed by atoms with Crippen molar-refractivity contribution in [1.29, 1.82) is 0 Å². The quantitative estimate of drug-likeness (QED) is 0.422. The van der Waals surface area contributed by atoms with Crippen LogP contribution in [0.1, 0.15) is 39.0 Å². The summed E-state index contributed by atoms with van der Waals surface area (Å²) >= 11 is 0. The van der Waals surface area contributed by atoms with Gasteiger partial charge in [0.15, 0.2) is 0 Å². The van der Waals surface area contributed by atoms with E-state index in [9.17, 15) is 10.2 Å². The molecule has 14 heavy (non-hydrogen) atoms. The first-order valence-corrected chi connectivity index (χ1v) is 5.23. The average molecular weight is 206 g/mol. The average Bonchev–Trinajstić information content (AvgIpc) is 2.12. The third-order valence-electron chi connectivity index (χ3n) is 2.27. The standard InChI is InChI=1S/C10H22O4/c1-8(12)10(14)7-9(13)5-3-2-4-6-11/h8-14H,2-7H2,1H3. The minimum Gasteiger partial charge on any atom is -0.396 e. The largest absolute Gasteiger partial charge is 0.396 e. The highest BCUT2D eigenvalue weighted by molar-refractivity contribution is 4.67. The molecular formula is C10H22O4. The Morgan fingerprint density at radius 2 is 1.64 bits per heavy atom. The summed E-state index contributed by atoms with van der Waals surface area (Å²) in [6.07, 6.45) is 1.13. The van der Waals surface area contributed by atoms with Crippen molar-refractivity contribution in [2.24, 2.45) is 0 Å². The van der Waals surface area contributed by atoms with E-state index in [0.717, 1.165) is 19.3 Å². The SMILES string of the molecule is CC(O)C(O)CC(O)CCCCCO. The van der Waals surface area contributed by atoms with E-state index in [1.165, 1.54) is 6.92 Å². The summed E-state index contributed by atoms with van der Waals surface area (Å²) < 4.78 is 0. The number of rotatable bonds is 8. The fourth-order valence-corrected chi connectivity index (χ4v) is 1.26. The molecule has 0 saturated heterocycles. The number of aliphatic hydroxyl groups is 4. The zero-order valence-corrected chi connectivity index (χ0v) is 8.76. The number of aliphatic hydroxyl groups excluding tert-OH is 4. The lowest BCUT2D eigenvalue weighted by atomic mass is 10.0. The zero-order chi connectivity index (χ0) is 11.0. The van der Waals surface area contributed by atoms with Crippen molar-refractivity contribution in [1.82, 2.24) is 0 Å². The third kappa shape index (κ3) is 7.26. The molecule has 0 aromatic heterocycles. The Morgan fingerprint density at radius 3 is 2.14 bits per heavy atom. The van der Waals surface area contributed by atoms with Gasteiger partial charge in [-0.25, -0.2) is 0 Å². The van der Waals surface area contributed by atoms with Crippen LogP contribution in [-0.4, -0.2) is 45.3 Å². The maximum absolute atomic E-state index is 9.43. The summed E-state index contributed by atoms with van der Waals surface area (Å²) in [5, 5.41) is 36.2. The van der Waals surface area contributed by atoms with Gasteiger partial charge in [0.25, 0.3) is 0 Å². The first-order chi connectivity index (χ1) is 6.57. The molecule has 0 fully saturated rings. The summed E-state index contributed by atoms with van der Waals surface area (Å²) in [6.45, 7) is 1.69. The van der Waals surface area contributed by atoms with Gasteiger partial charge < -0.3 is 20.4 Å². The molecule has 0 saturated carbocycles. The van der Waals surface area contributed by atoms with Crippen LogP contribution < -0.4 is 0 Å². The molecule has 0 amide bonds. The van der Waals surface area contributed by atoms with Crippen molar-refractivity contribution < 1.29 is 20.4 Å². The van der Waals surface area contributed by atoms with E-state index in [2.05, 4.69) is 0 Å². The van der Waals surface area contributed by atoms with Gasteiger partial charge in [-0.15, -0.1) is 0 Å². The maximum Gasteiger partial charge on any atom is 0.0820 e. The van der Waals surface area contributed by atoms with Gasteiger partial charge in [0, 0.05) is 13.0 Å². The normalized spacial score (nSPS) is 17.8. The fourth-order valence-electron chi connectivity index (χ4n) is 1.26. The van der Waals surface area contributed by atoms with Crippen LogP contribution in [0.4, 0.5) is 0 Å². The van der Waals surface area contributed by atoms with E-state index < -0.39 is 18.3 Å². The van der Waals surface area contributed by atoms with Crippen LogP contribution in [0.15, 0.2) is 0 Å². The summed E-state index contributed by atoms with van der Waals surface area (Å²) in [5.74, 6) is 0. The van der Waals surface area contributed by atoms with E-state index in [1.807, 2.05) is 0 Å². The molecule has 4 heteroatoms. The molecule has 0 aliphatic heterocycles. The van der Waals surface area contributed by atoms with Crippen LogP contribution in [0.3, 0.4) is 0 Å². The van der Waals surface area contributed by atoms with Crippen LogP contribution in [-0.2, 0) is 0 Å². The molecule has 86 valence electrons. The first kappa shape index (κ1) is 13.8.